The van der Waals surface area contributed by atoms with Crippen molar-refractivity contribution >= 4 is 12.2 Å². The van der Waals surface area contributed by atoms with Crippen molar-refractivity contribution in [3.8, 4) is 16.9 Å². The maximum Gasteiger partial charge on any atom is 0.199 e. The zero-order valence-corrected chi connectivity index (χ0v) is 19.7. The number of benzene rings is 2. The van der Waals surface area contributed by atoms with E-state index in [2.05, 4.69) is 65.7 Å². The molecule has 0 N–H and O–H groups in total. The third-order valence-electron chi connectivity index (χ3n) is 5.88. The Morgan fingerprint density at radius 3 is 2.42 bits per heavy atom. The summed E-state index contributed by atoms with van der Waals surface area (Å²) in [5.74, 6) is 1.63. The van der Waals surface area contributed by atoms with Gasteiger partial charge in [0.15, 0.2) is 4.77 Å². The molecular weight excluding hydrogens is 428 g/mol. The third-order valence-corrected chi connectivity index (χ3v) is 6.31. The highest BCUT2D eigenvalue weighted by atomic mass is 32.1. The lowest BCUT2D eigenvalue weighted by molar-refractivity contribution is 0.243. The highest BCUT2D eigenvalue weighted by molar-refractivity contribution is 7.71. The number of rotatable bonds is 9. The molecule has 1 saturated carbocycles. The maximum atomic E-state index is 5.75. The van der Waals surface area contributed by atoms with Gasteiger partial charge < -0.3 is 0 Å². The first-order valence-electron chi connectivity index (χ1n) is 11.3. The number of aromatic nitrogens is 5. The molecule has 1 fully saturated rings. The Balaban J connectivity index is 1.43. The van der Waals surface area contributed by atoms with Crippen molar-refractivity contribution in [1.82, 2.24) is 29.0 Å². The fourth-order valence-electron chi connectivity index (χ4n) is 4.14. The number of hydrogen-bond acceptors (Lipinski definition) is 4. The van der Waals surface area contributed by atoms with Crippen molar-refractivity contribution in [3.63, 3.8) is 0 Å². The average molecular weight is 457 g/mol. The summed E-state index contributed by atoms with van der Waals surface area (Å²) in [4.78, 5) is 2.23. The molecule has 0 aliphatic heterocycles. The van der Waals surface area contributed by atoms with E-state index < -0.39 is 0 Å². The van der Waals surface area contributed by atoms with E-state index in [1.165, 1.54) is 12.8 Å². The summed E-state index contributed by atoms with van der Waals surface area (Å²) >= 11 is 5.75. The average Bonchev–Trinajstić information content (AvgIpc) is 3.54. The van der Waals surface area contributed by atoms with Crippen LogP contribution in [-0.4, -0.2) is 36.1 Å². The molecule has 0 unspecified atom stereocenters. The number of para-hydroxylation sites is 1. The first-order chi connectivity index (χ1) is 16.1. The molecule has 168 valence electrons. The molecule has 6 nitrogen and oxygen atoms in total. The van der Waals surface area contributed by atoms with Crippen LogP contribution in [-0.2, 0) is 19.8 Å². The van der Waals surface area contributed by atoms with Gasteiger partial charge in [-0.1, -0.05) is 54.6 Å². The van der Waals surface area contributed by atoms with Crippen molar-refractivity contribution in [3.05, 3.63) is 95.7 Å². The van der Waals surface area contributed by atoms with Gasteiger partial charge in [-0.15, -0.1) is 6.58 Å². The van der Waals surface area contributed by atoms with E-state index in [0.29, 0.717) is 19.1 Å². The van der Waals surface area contributed by atoms with Crippen LogP contribution >= 0.6 is 12.2 Å². The van der Waals surface area contributed by atoms with E-state index in [9.17, 15) is 0 Å². The molecule has 0 spiro atoms. The summed E-state index contributed by atoms with van der Waals surface area (Å²) in [5.41, 5.74) is 4.30. The fourth-order valence-corrected chi connectivity index (χ4v) is 4.41. The molecule has 0 amide bonds. The van der Waals surface area contributed by atoms with E-state index in [-0.39, 0.29) is 0 Å². The van der Waals surface area contributed by atoms with E-state index >= 15 is 0 Å². The summed E-state index contributed by atoms with van der Waals surface area (Å²) in [7, 11) is 2.10. The largest absolute Gasteiger partial charge is 0.300 e. The van der Waals surface area contributed by atoms with Crippen LogP contribution in [0.25, 0.3) is 16.9 Å². The van der Waals surface area contributed by atoms with Gasteiger partial charge in [0.25, 0.3) is 0 Å². The molecular formula is C26H28N6S. The second-order valence-corrected chi connectivity index (χ2v) is 8.98. The van der Waals surface area contributed by atoms with Gasteiger partial charge >= 0.3 is 0 Å². The number of allylic oxidation sites excluding steroid dienone is 1. The van der Waals surface area contributed by atoms with Crippen molar-refractivity contribution in [2.24, 2.45) is 0 Å². The predicted molar refractivity (Wildman–Crippen MR) is 134 cm³/mol. The minimum Gasteiger partial charge on any atom is -0.300 e. The zero-order valence-electron chi connectivity index (χ0n) is 18.8. The van der Waals surface area contributed by atoms with Gasteiger partial charge in [-0.05, 0) is 44.2 Å². The SMILES string of the molecule is C=CCn1c(C2CC2)nn(CN(C)Cc2cn(-c3ccccc3)nc2-c2ccccc2)c1=S. The maximum absolute atomic E-state index is 5.75. The quantitative estimate of drug-likeness (QED) is 0.249. The summed E-state index contributed by atoms with van der Waals surface area (Å²) in [6, 6.07) is 20.6. The second-order valence-electron chi connectivity index (χ2n) is 8.62. The normalized spacial score (nSPS) is 13.5. The van der Waals surface area contributed by atoms with Gasteiger partial charge in [-0.25, -0.2) is 9.36 Å². The highest BCUT2D eigenvalue weighted by Gasteiger charge is 2.30. The molecule has 0 radical (unpaired) electrons. The predicted octanol–water partition coefficient (Wildman–Crippen LogP) is 5.42. The Morgan fingerprint density at radius 1 is 1.06 bits per heavy atom. The van der Waals surface area contributed by atoms with Gasteiger partial charge in [0.2, 0.25) is 0 Å². The van der Waals surface area contributed by atoms with Crippen LogP contribution in [0.5, 0.6) is 0 Å². The molecule has 0 saturated heterocycles. The van der Waals surface area contributed by atoms with Gasteiger partial charge in [-0.3, -0.25) is 9.47 Å². The number of hydrogen-bond donors (Lipinski definition) is 0. The molecule has 4 aromatic rings. The van der Waals surface area contributed by atoms with Gasteiger partial charge in [-0.2, -0.15) is 10.2 Å². The van der Waals surface area contributed by atoms with Gasteiger partial charge in [0.1, 0.15) is 5.82 Å². The standard InChI is InChI=1S/C26H28N6S/c1-3-16-30-25(21-14-15-21)28-32(26(30)33)19-29(2)17-22-18-31(23-12-8-5-9-13-23)27-24(22)20-10-6-4-7-11-20/h3-13,18,21H,1,14-17,19H2,2H3. The van der Waals surface area contributed by atoms with Crippen LogP contribution in [0.1, 0.15) is 30.1 Å². The van der Waals surface area contributed by atoms with Crippen molar-refractivity contribution in [2.75, 3.05) is 7.05 Å². The molecule has 5 rings (SSSR count). The summed E-state index contributed by atoms with van der Waals surface area (Å²) in [6.07, 6.45) is 6.40. The Morgan fingerprint density at radius 2 is 1.76 bits per heavy atom. The zero-order chi connectivity index (χ0) is 22.8. The molecule has 1 aliphatic carbocycles. The highest BCUT2D eigenvalue weighted by Crippen LogP contribution is 2.39. The lowest BCUT2D eigenvalue weighted by Crippen LogP contribution is -2.22. The summed E-state index contributed by atoms with van der Waals surface area (Å²) in [5, 5.41) is 9.80. The molecule has 2 aromatic heterocycles. The van der Waals surface area contributed by atoms with Crippen LogP contribution in [0.4, 0.5) is 0 Å². The van der Waals surface area contributed by atoms with Crippen LogP contribution in [0.2, 0.25) is 0 Å². The van der Waals surface area contributed by atoms with Crippen molar-refractivity contribution in [2.45, 2.75) is 38.5 Å². The first-order valence-corrected chi connectivity index (χ1v) is 11.7. The minimum absolute atomic E-state index is 0.534. The Hall–Kier alpha value is -3.29. The van der Waals surface area contributed by atoms with Crippen LogP contribution in [0.15, 0.2) is 79.5 Å². The van der Waals surface area contributed by atoms with Gasteiger partial charge in [0.05, 0.1) is 18.1 Å². The topological polar surface area (TPSA) is 43.8 Å². The molecule has 33 heavy (non-hydrogen) atoms. The van der Waals surface area contributed by atoms with E-state index in [0.717, 1.165) is 39.6 Å². The first kappa shape index (κ1) is 21.6. The Bertz CT molecular complexity index is 1300. The lowest BCUT2D eigenvalue weighted by Gasteiger charge is -2.16. The van der Waals surface area contributed by atoms with E-state index in [4.69, 9.17) is 22.4 Å². The molecule has 0 atom stereocenters. The summed E-state index contributed by atoms with van der Waals surface area (Å²) < 4.78 is 6.78. The Labute approximate surface area is 199 Å². The molecule has 0 bridgehead atoms. The fraction of sp³-hybridized carbons (Fsp3) is 0.269. The second kappa shape index (κ2) is 9.29. The van der Waals surface area contributed by atoms with Crippen LogP contribution in [0.3, 0.4) is 0 Å². The third kappa shape index (κ3) is 4.60. The van der Waals surface area contributed by atoms with Crippen LogP contribution in [0, 0.1) is 4.77 Å². The monoisotopic (exact) mass is 456 g/mol. The number of nitrogens with zero attached hydrogens (tertiary/aromatic N) is 6. The lowest BCUT2D eigenvalue weighted by atomic mass is 10.1. The molecule has 2 heterocycles. The van der Waals surface area contributed by atoms with Crippen molar-refractivity contribution < 1.29 is 0 Å². The van der Waals surface area contributed by atoms with Crippen LogP contribution < -0.4 is 0 Å². The van der Waals surface area contributed by atoms with Gasteiger partial charge in [0, 0.05) is 36.3 Å². The summed E-state index contributed by atoms with van der Waals surface area (Å²) in [6.45, 7) is 5.94. The van der Waals surface area contributed by atoms with Crippen molar-refractivity contribution in [1.29, 1.82) is 0 Å². The van der Waals surface area contributed by atoms with E-state index in [1.807, 2.05) is 39.7 Å². The minimum atomic E-state index is 0.534. The van der Waals surface area contributed by atoms with E-state index in [1.54, 1.807) is 0 Å². The smallest absolute Gasteiger partial charge is 0.199 e. The Kier molecular flexibility index (Phi) is 6.07. The molecule has 2 aromatic carbocycles. The molecule has 7 heteroatoms. The molecule has 1 aliphatic rings.